The molecule has 1 aromatic carbocycles. The first-order chi connectivity index (χ1) is 10.5. The Bertz CT molecular complexity index is 834. The number of nitro groups is 1. The van der Waals surface area contributed by atoms with Crippen molar-refractivity contribution in [1.82, 2.24) is 20.2 Å². The van der Waals surface area contributed by atoms with Crippen LogP contribution in [0, 0.1) is 10.1 Å². The van der Waals surface area contributed by atoms with Crippen LogP contribution in [-0.2, 0) is 6.54 Å². The van der Waals surface area contributed by atoms with Gasteiger partial charge >= 0.3 is 11.1 Å². The normalized spacial score (nSPS) is 16.0. The first-order valence-corrected chi connectivity index (χ1v) is 6.91. The number of benzene rings is 1. The Morgan fingerprint density at radius 2 is 1.82 bits per heavy atom. The lowest BCUT2D eigenvalue weighted by Crippen LogP contribution is -2.43. The molecular weight excluding hydrogens is 290 g/mol. The number of nitrogens with one attached hydrogen (secondary N) is 3. The van der Waals surface area contributed by atoms with Crippen molar-refractivity contribution in [2.75, 3.05) is 26.2 Å². The zero-order valence-electron chi connectivity index (χ0n) is 11.7. The monoisotopic (exact) mass is 305 g/mol. The highest BCUT2D eigenvalue weighted by Crippen LogP contribution is 2.22. The molecule has 0 saturated carbocycles. The Morgan fingerprint density at radius 1 is 1.14 bits per heavy atom. The molecule has 0 unspecified atom stereocenters. The van der Waals surface area contributed by atoms with Gasteiger partial charge in [-0.05, 0) is 5.56 Å². The number of hydrogen-bond donors (Lipinski definition) is 3. The van der Waals surface area contributed by atoms with Gasteiger partial charge in [0, 0.05) is 44.9 Å². The van der Waals surface area contributed by atoms with Gasteiger partial charge in [0.2, 0.25) is 0 Å². The fourth-order valence-corrected chi connectivity index (χ4v) is 2.62. The van der Waals surface area contributed by atoms with Gasteiger partial charge in [-0.3, -0.25) is 24.6 Å². The number of non-ortho nitro benzene ring substituents is 1. The van der Waals surface area contributed by atoms with Gasteiger partial charge < -0.3 is 15.3 Å². The Morgan fingerprint density at radius 3 is 2.50 bits per heavy atom. The average molecular weight is 305 g/mol. The largest absolute Gasteiger partial charge is 0.316 e. The Balaban J connectivity index is 2.12. The number of H-pyrrole nitrogens is 2. The summed E-state index contributed by atoms with van der Waals surface area (Å²) >= 11 is 0. The number of rotatable bonds is 3. The highest BCUT2D eigenvalue weighted by Gasteiger charge is 2.17. The summed E-state index contributed by atoms with van der Waals surface area (Å²) < 4.78 is 0. The topological polar surface area (TPSA) is 124 Å². The minimum Gasteiger partial charge on any atom is -0.316 e. The number of nitro benzene ring substituents is 1. The highest BCUT2D eigenvalue weighted by atomic mass is 16.6. The molecule has 1 aromatic heterocycles. The second kappa shape index (κ2) is 5.70. The Hall–Kier alpha value is -2.52. The van der Waals surface area contributed by atoms with Gasteiger partial charge in [-0.15, -0.1) is 0 Å². The van der Waals surface area contributed by atoms with E-state index in [9.17, 15) is 19.7 Å². The van der Waals surface area contributed by atoms with Gasteiger partial charge in [-0.25, -0.2) is 0 Å². The molecule has 22 heavy (non-hydrogen) atoms. The van der Waals surface area contributed by atoms with Gasteiger partial charge in [0.1, 0.15) is 0 Å². The average Bonchev–Trinajstić information content (AvgIpc) is 2.50. The highest BCUT2D eigenvalue weighted by molar-refractivity contribution is 5.80. The van der Waals surface area contributed by atoms with Crippen molar-refractivity contribution in [2.24, 2.45) is 0 Å². The molecule has 2 heterocycles. The van der Waals surface area contributed by atoms with E-state index in [2.05, 4.69) is 20.2 Å². The van der Waals surface area contributed by atoms with Crippen LogP contribution in [0.1, 0.15) is 5.56 Å². The zero-order chi connectivity index (χ0) is 15.7. The second-order valence-electron chi connectivity index (χ2n) is 5.22. The summed E-state index contributed by atoms with van der Waals surface area (Å²) in [4.78, 5) is 40.6. The quantitative estimate of drug-likeness (QED) is 0.400. The second-order valence-corrected chi connectivity index (χ2v) is 5.22. The summed E-state index contributed by atoms with van der Waals surface area (Å²) in [5.41, 5.74) is -0.360. The molecule has 9 nitrogen and oxygen atoms in total. The molecule has 2 aromatic rings. The lowest BCUT2D eigenvalue weighted by molar-refractivity contribution is -0.384. The van der Waals surface area contributed by atoms with Crippen LogP contribution in [-0.4, -0.2) is 46.0 Å². The van der Waals surface area contributed by atoms with Gasteiger partial charge in [0.25, 0.3) is 5.69 Å². The summed E-state index contributed by atoms with van der Waals surface area (Å²) in [6.45, 7) is 3.80. The fourth-order valence-electron chi connectivity index (χ4n) is 2.62. The van der Waals surface area contributed by atoms with E-state index in [1.54, 1.807) is 0 Å². The summed E-state index contributed by atoms with van der Waals surface area (Å²) in [7, 11) is 0. The van der Waals surface area contributed by atoms with Crippen molar-refractivity contribution in [3.05, 3.63) is 48.5 Å². The Kier molecular flexibility index (Phi) is 3.73. The molecule has 0 atom stereocenters. The maximum Gasteiger partial charge on any atom is 0.314 e. The molecule has 116 valence electrons. The van der Waals surface area contributed by atoms with Crippen LogP contribution < -0.4 is 16.4 Å². The molecule has 3 rings (SSSR count). The van der Waals surface area contributed by atoms with Crippen molar-refractivity contribution in [3.63, 3.8) is 0 Å². The van der Waals surface area contributed by atoms with E-state index >= 15 is 0 Å². The maximum atomic E-state index is 11.5. The lowest BCUT2D eigenvalue weighted by atomic mass is 10.1. The molecule has 0 aliphatic carbocycles. The molecule has 0 spiro atoms. The summed E-state index contributed by atoms with van der Waals surface area (Å²) in [5.74, 6) is 0. The van der Waals surface area contributed by atoms with Gasteiger partial charge in [-0.2, -0.15) is 0 Å². The van der Waals surface area contributed by atoms with Crippen molar-refractivity contribution in [2.45, 2.75) is 6.54 Å². The predicted molar refractivity (Wildman–Crippen MR) is 80.0 cm³/mol. The smallest absolute Gasteiger partial charge is 0.314 e. The van der Waals surface area contributed by atoms with Crippen LogP contribution in [0.15, 0.2) is 21.7 Å². The first-order valence-electron chi connectivity index (χ1n) is 6.91. The summed E-state index contributed by atoms with van der Waals surface area (Å²) in [5, 5.41) is 14.3. The third-order valence-corrected chi connectivity index (χ3v) is 3.71. The summed E-state index contributed by atoms with van der Waals surface area (Å²) in [6.07, 6.45) is 0. The van der Waals surface area contributed by atoms with Crippen LogP contribution in [0.4, 0.5) is 5.69 Å². The number of piperazine rings is 1. The van der Waals surface area contributed by atoms with Gasteiger partial charge in [-0.1, -0.05) is 0 Å². The van der Waals surface area contributed by atoms with Crippen LogP contribution in [0.25, 0.3) is 11.0 Å². The standard InChI is InChI=1S/C13H15N5O4/c19-12-13(20)16-11-8(7-17-3-1-14-2-4-17)5-9(18(21)22)6-10(11)15-12/h5-6,14H,1-4,7H2,(H,15,19)(H,16,20). The molecule has 3 N–H and O–H groups in total. The molecule has 0 amide bonds. The van der Waals surface area contributed by atoms with E-state index in [0.29, 0.717) is 17.6 Å². The molecule has 1 aliphatic heterocycles. The van der Waals surface area contributed by atoms with E-state index in [1.807, 2.05) is 0 Å². The Labute approximate surface area is 124 Å². The predicted octanol–water partition coefficient (Wildman–Crippen LogP) is -0.470. The molecule has 1 aliphatic rings. The zero-order valence-corrected chi connectivity index (χ0v) is 11.7. The minimum atomic E-state index is -0.818. The van der Waals surface area contributed by atoms with Crippen LogP contribution >= 0.6 is 0 Å². The third kappa shape index (κ3) is 2.76. The number of fused-ring (bicyclic) bond motifs is 1. The number of aromatic amines is 2. The first kappa shape index (κ1) is 14.4. The van der Waals surface area contributed by atoms with Crippen molar-refractivity contribution < 1.29 is 4.92 Å². The molecule has 1 fully saturated rings. The molecule has 0 bridgehead atoms. The van der Waals surface area contributed by atoms with Crippen LogP contribution in [0.3, 0.4) is 0 Å². The number of hydrogen-bond acceptors (Lipinski definition) is 6. The summed E-state index contributed by atoms with van der Waals surface area (Å²) in [6, 6.07) is 2.70. The maximum absolute atomic E-state index is 11.5. The molecule has 1 saturated heterocycles. The van der Waals surface area contributed by atoms with E-state index < -0.39 is 16.0 Å². The lowest BCUT2D eigenvalue weighted by Gasteiger charge is -2.27. The van der Waals surface area contributed by atoms with E-state index in [0.717, 1.165) is 26.2 Å². The van der Waals surface area contributed by atoms with Crippen molar-refractivity contribution in [1.29, 1.82) is 0 Å². The third-order valence-electron chi connectivity index (χ3n) is 3.71. The van der Waals surface area contributed by atoms with Crippen molar-refractivity contribution in [3.8, 4) is 0 Å². The number of nitrogens with zero attached hydrogens (tertiary/aromatic N) is 2. The van der Waals surface area contributed by atoms with Gasteiger partial charge in [0.15, 0.2) is 0 Å². The SMILES string of the molecule is O=c1[nH]c2cc([N+](=O)[O-])cc(CN3CCNCC3)c2[nH]c1=O. The molecular formula is C13H15N5O4. The molecule has 9 heteroatoms. The van der Waals surface area contributed by atoms with E-state index in [4.69, 9.17) is 0 Å². The van der Waals surface area contributed by atoms with Gasteiger partial charge in [0.05, 0.1) is 16.0 Å². The van der Waals surface area contributed by atoms with E-state index in [1.165, 1.54) is 12.1 Å². The molecule has 0 radical (unpaired) electrons. The minimum absolute atomic E-state index is 0.111. The number of aromatic nitrogens is 2. The fraction of sp³-hybridized carbons (Fsp3) is 0.385. The van der Waals surface area contributed by atoms with Crippen LogP contribution in [0.2, 0.25) is 0 Å². The van der Waals surface area contributed by atoms with E-state index in [-0.39, 0.29) is 11.2 Å². The van der Waals surface area contributed by atoms with Crippen molar-refractivity contribution >= 4 is 16.7 Å². The van der Waals surface area contributed by atoms with Crippen LogP contribution in [0.5, 0.6) is 0 Å².